The Morgan fingerprint density at radius 2 is 2.25 bits per heavy atom. The lowest BCUT2D eigenvalue weighted by atomic mass is 9.58. The summed E-state index contributed by atoms with van der Waals surface area (Å²) in [6.07, 6.45) is 4.28. The second kappa shape index (κ2) is 4.36. The number of piperidine rings is 1. The zero-order valence-corrected chi connectivity index (χ0v) is 12.9. The van der Waals surface area contributed by atoms with Crippen molar-refractivity contribution < 1.29 is 9.59 Å². The zero-order valence-electron chi connectivity index (χ0n) is 12.9. The molecule has 108 valence electrons. The SMILES string of the molecule is C=CC[N+]1(C)CCC2(C)c3ccc([O-])cc3CC1C2C. The third-order valence-corrected chi connectivity index (χ3v) is 6.19. The monoisotopic (exact) mass is 271 g/mol. The van der Waals surface area contributed by atoms with Crippen molar-refractivity contribution in [1.29, 1.82) is 0 Å². The molecule has 1 aliphatic heterocycles. The molecule has 0 spiro atoms. The standard InChI is InChI=1S/C18H25NO/c1-5-9-19(4)10-8-18(3)13(2)17(19)12-14-11-15(20)6-7-16(14)18/h5-7,11,13,17H,1,8-10,12H2,2-4H3. The molecule has 2 heteroatoms. The van der Waals surface area contributed by atoms with Gasteiger partial charge in [-0.25, -0.2) is 0 Å². The van der Waals surface area contributed by atoms with Crippen molar-refractivity contribution in [2.24, 2.45) is 5.92 Å². The van der Waals surface area contributed by atoms with Gasteiger partial charge in [-0.15, -0.1) is 5.75 Å². The van der Waals surface area contributed by atoms with Crippen LogP contribution in [0.2, 0.25) is 0 Å². The van der Waals surface area contributed by atoms with Gasteiger partial charge in [-0.05, 0) is 17.2 Å². The smallest absolute Gasteiger partial charge is 0.0971 e. The van der Waals surface area contributed by atoms with Crippen molar-refractivity contribution >= 4 is 0 Å². The fraction of sp³-hybridized carbons (Fsp3) is 0.556. The molecule has 2 bridgehead atoms. The van der Waals surface area contributed by atoms with Crippen LogP contribution in [0.15, 0.2) is 30.9 Å². The van der Waals surface area contributed by atoms with Gasteiger partial charge in [0.15, 0.2) is 0 Å². The van der Waals surface area contributed by atoms with Gasteiger partial charge in [0, 0.05) is 24.2 Å². The number of quaternary nitrogens is 1. The highest BCUT2D eigenvalue weighted by atomic mass is 16.3. The quantitative estimate of drug-likeness (QED) is 0.599. The summed E-state index contributed by atoms with van der Waals surface area (Å²) < 4.78 is 1.07. The Morgan fingerprint density at radius 3 is 2.95 bits per heavy atom. The second-order valence-corrected chi connectivity index (χ2v) is 7.22. The topological polar surface area (TPSA) is 23.1 Å². The largest absolute Gasteiger partial charge is 0.872 e. The molecule has 0 aromatic heterocycles. The van der Waals surface area contributed by atoms with Crippen LogP contribution in [-0.4, -0.2) is 30.7 Å². The number of likely N-dealkylation sites (N-methyl/N-ethyl adjacent to an activating group) is 1. The summed E-state index contributed by atoms with van der Waals surface area (Å²) in [5.41, 5.74) is 2.94. The lowest BCUT2D eigenvalue weighted by Gasteiger charge is -2.58. The van der Waals surface area contributed by atoms with Gasteiger partial charge < -0.3 is 9.59 Å². The van der Waals surface area contributed by atoms with E-state index in [0.29, 0.717) is 12.0 Å². The molecule has 1 saturated heterocycles. The minimum Gasteiger partial charge on any atom is -0.872 e. The molecular formula is C18H25NO. The van der Waals surface area contributed by atoms with Crippen LogP contribution in [0.3, 0.4) is 0 Å². The molecule has 20 heavy (non-hydrogen) atoms. The molecule has 0 saturated carbocycles. The molecule has 1 aliphatic carbocycles. The summed E-state index contributed by atoms with van der Waals surface area (Å²) in [4.78, 5) is 0. The number of benzene rings is 1. The van der Waals surface area contributed by atoms with E-state index in [1.807, 2.05) is 6.07 Å². The van der Waals surface area contributed by atoms with Crippen molar-refractivity contribution in [3.05, 3.63) is 42.0 Å². The molecule has 1 fully saturated rings. The number of likely N-dealkylation sites (tertiary alicyclic amines) is 1. The predicted molar refractivity (Wildman–Crippen MR) is 80.6 cm³/mol. The van der Waals surface area contributed by atoms with Gasteiger partial charge in [-0.3, -0.25) is 0 Å². The molecule has 2 nitrogen and oxygen atoms in total. The Balaban J connectivity index is 2.10. The van der Waals surface area contributed by atoms with E-state index in [-0.39, 0.29) is 11.2 Å². The van der Waals surface area contributed by atoms with E-state index in [2.05, 4.69) is 39.6 Å². The Morgan fingerprint density at radius 1 is 1.50 bits per heavy atom. The van der Waals surface area contributed by atoms with Gasteiger partial charge in [0.25, 0.3) is 0 Å². The van der Waals surface area contributed by atoms with Crippen LogP contribution in [-0.2, 0) is 11.8 Å². The highest BCUT2D eigenvalue weighted by Gasteiger charge is 2.54. The highest BCUT2D eigenvalue weighted by molar-refractivity contribution is 5.42. The van der Waals surface area contributed by atoms with E-state index in [1.54, 1.807) is 6.07 Å². The predicted octanol–water partition coefficient (Wildman–Crippen LogP) is 2.62. The van der Waals surface area contributed by atoms with Crippen molar-refractivity contribution in [3.8, 4) is 5.75 Å². The highest BCUT2D eigenvalue weighted by Crippen LogP contribution is 2.50. The van der Waals surface area contributed by atoms with E-state index in [1.165, 1.54) is 24.1 Å². The Kier molecular flexibility index (Phi) is 2.98. The summed E-state index contributed by atoms with van der Waals surface area (Å²) >= 11 is 0. The minimum atomic E-state index is 0.151. The van der Waals surface area contributed by atoms with Crippen molar-refractivity contribution in [3.63, 3.8) is 0 Å². The van der Waals surface area contributed by atoms with Gasteiger partial charge in [-0.1, -0.05) is 38.6 Å². The Labute approximate surface area is 122 Å². The first-order valence-electron chi connectivity index (χ1n) is 7.66. The van der Waals surface area contributed by atoms with Crippen LogP contribution in [0, 0.1) is 5.92 Å². The van der Waals surface area contributed by atoms with E-state index >= 15 is 0 Å². The Hall–Kier alpha value is -1.28. The van der Waals surface area contributed by atoms with Crippen molar-refractivity contribution in [2.75, 3.05) is 20.1 Å². The number of hydrogen-bond donors (Lipinski definition) is 0. The van der Waals surface area contributed by atoms with Crippen LogP contribution in [0.5, 0.6) is 5.75 Å². The van der Waals surface area contributed by atoms with Crippen molar-refractivity contribution in [1.82, 2.24) is 0 Å². The minimum absolute atomic E-state index is 0.151. The summed E-state index contributed by atoms with van der Waals surface area (Å²) in [6.45, 7) is 11.0. The van der Waals surface area contributed by atoms with Gasteiger partial charge >= 0.3 is 0 Å². The molecular weight excluding hydrogens is 246 g/mol. The maximum atomic E-state index is 11.7. The van der Waals surface area contributed by atoms with Gasteiger partial charge in [0.1, 0.15) is 0 Å². The number of rotatable bonds is 2. The van der Waals surface area contributed by atoms with Gasteiger partial charge in [-0.2, -0.15) is 0 Å². The van der Waals surface area contributed by atoms with Gasteiger partial charge in [0.2, 0.25) is 0 Å². The molecule has 2 aliphatic rings. The van der Waals surface area contributed by atoms with Crippen molar-refractivity contribution in [2.45, 2.75) is 38.1 Å². The van der Waals surface area contributed by atoms with Crippen LogP contribution >= 0.6 is 0 Å². The molecule has 0 N–H and O–H groups in total. The van der Waals surface area contributed by atoms with E-state index in [0.717, 1.165) is 17.4 Å². The summed E-state index contributed by atoms with van der Waals surface area (Å²) in [5.74, 6) is 0.795. The van der Waals surface area contributed by atoms with Crippen LogP contribution < -0.4 is 5.11 Å². The fourth-order valence-electron chi connectivity index (χ4n) is 4.67. The van der Waals surface area contributed by atoms with E-state index in [4.69, 9.17) is 0 Å². The van der Waals surface area contributed by atoms with Crippen LogP contribution in [0.4, 0.5) is 0 Å². The van der Waals surface area contributed by atoms with Crippen LogP contribution in [0.1, 0.15) is 31.4 Å². The molecule has 1 aromatic rings. The summed E-state index contributed by atoms with van der Waals surface area (Å²) in [6, 6.07) is 6.30. The lowest BCUT2D eigenvalue weighted by Crippen LogP contribution is -2.66. The average Bonchev–Trinajstić information content (AvgIpc) is 2.39. The van der Waals surface area contributed by atoms with Gasteiger partial charge in [0.05, 0.1) is 26.2 Å². The first-order valence-corrected chi connectivity index (χ1v) is 7.66. The molecule has 3 rings (SSSR count). The molecule has 4 atom stereocenters. The Bertz CT molecular complexity index is 552. The molecule has 4 unspecified atom stereocenters. The maximum absolute atomic E-state index is 11.7. The number of hydrogen-bond acceptors (Lipinski definition) is 1. The maximum Gasteiger partial charge on any atom is 0.0971 e. The van der Waals surface area contributed by atoms with E-state index in [9.17, 15) is 5.11 Å². The zero-order chi connectivity index (χ0) is 14.5. The number of fused-ring (bicyclic) bond motifs is 4. The van der Waals surface area contributed by atoms with E-state index < -0.39 is 0 Å². The normalized spacial score (nSPS) is 39.1. The average molecular weight is 271 g/mol. The first-order chi connectivity index (χ1) is 9.40. The molecule has 0 amide bonds. The molecule has 1 heterocycles. The summed E-state index contributed by atoms with van der Waals surface area (Å²) in [7, 11) is 2.36. The second-order valence-electron chi connectivity index (χ2n) is 7.22. The fourth-order valence-corrected chi connectivity index (χ4v) is 4.67. The number of nitrogens with zero attached hydrogens (tertiary/aromatic N) is 1. The molecule has 0 radical (unpaired) electrons. The molecule has 1 aromatic carbocycles. The lowest BCUT2D eigenvalue weighted by molar-refractivity contribution is -0.939. The third kappa shape index (κ3) is 1.74. The summed E-state index contributed by atoms with van der Waals surface area (Å²) in [5, 5.41) is 11.7. The van der Waals surface area contributed by atoms with Crippen LogP contribution in [0.25, 0.3) is 0 Å². The first kappa shape index (κ1) is 13.7. The third-order valence-electron chi connectivity index (χ3n) is 6.19.